The van der Waals surface area contributed by atoms with E-state index in [0.29, 0.717) is 5.41 Å². The summed E-state index contributed by atoms with van der Waals surface area (Å²) in [7, 11) is 2.11. The zero-order valence-electron chi connectivity index (χ0n) is 9.95. The van der Waals surface area contributed by atoms with Gasteiger partial charge < -0.3 is 5.32 Å². The molecule has 16 heavy (non-hydrogen) atoms. The molecule has 1 saturated heterocycles. The van der Waals surface area contributed by atoms with Gasteiger partial charge in [-0.05, 0) is 30.9 Å². The van der Waals surface area contributed by atoms with Crippen molar-refractivity contribution < 1.29 is 0 Å². The first-order chi connectivity index (χ1) is 7.82. The molecule has 2 heteroatoms. The quantitative estimate of drug-likeness (QED) is 0.830. The van der Waals surface area contributed by atoms with Gasteiger partial charge in [-0.2, -0.15) is 0 Å². The fraction of sp³-hybridized carbons (Fsp3) is 0.571. The summed E-state index contributed by atoms with van der Waals surface area (Å²) in [4.78, 5) is 2.60. The van der Waals surface area contributed by atoms with Crippen LogP contribution in [0.25, 0.3) is 0 Å². The van der Waals surface area contributed by atoms with E-state index < -0.39 is 0 Å². The van der Waals surface area contributed by atoms with Crippen LogP contribution < -0.4 is 5.32 Å². The maximum Gasteiger partial charge on any atom is 0.0260 e. The van der Waals surface area contributed by atoms with Crippen LogP contribution in [0.2, 0.25) is 0 Å². The fourth-order valence-electron chi connectivity index (χ4n) is 3.10. The Morgan fingerprint density at radius 2 is 2.06 bits per heavy atom. The average molecular weight is 216 g/mol. The second kappa shape index (κ2) is 3.86. The Morgan fingerprint density at radius 1 is 1.31 bits per heavy atom. The molecule has 0 unspecified atom stereocenters. The topological polar surface area (TPSA) is 15.3 Å². The minimum Gasteiger partial charge on any atom is -0.315 e. The minimum atomic E-state index is 0.629. The highest BCUT2D eigenvalue weighted by atomic mass is 15.2. The molecule has 0 aromatic heterocycles. The summed E-state index contributed by atoms with van der Waals surface area (Å²) in [5, 5.41) is 3.49. The molecule has 2 aliphatic rings. The molecule has 1 spiro atoms. The number of nitrogens with zero attached hydrogens (tertiary/aromatic N) is 1. The molecule has 1 aromatic rings. The van der Waals surface area contributed by atoms with Crippen molar-refractivity contribution in [1.29, 1.82) is 0 Å². The Labute approximate surface area is 97.6 Å². The molecular weight excluding hydrogens is 196 g/mol. The SMILES string of the molecule is CN[C@H]1CN(Cc2ccccc2)CC12CC2. The summed E-state index contributed by atoms with van der Waals surface area (Å²) in [5.74, 6) is 0. The summed E-state index contributed by atoms with van der Waals surface area (Å²) < 4.78 is 0. The van der Waals surface area contributed by atoms with E-state index in [2.05, 4.69) is 47.6 Å². The van der Waals surface area contributed by atoms with Crippen LogP contribution in [0.5, 0.6) is 0 Å². The highest BCUT2D eigenvalue weighted by Gasteiger charge is 2.54. The van der Waals surface area contributed by atoms with Crippen LogP contribution in [-0.2, 0) is 6.54 Å². The lowest BCUT2D eigenvalue weighted by Crippen LogP contribution is -2.34. The summed E-state index contributed by atoms with van der Waals surface area (Å²) in [5.41, 5.74) is 2.07. The van der Waals surface area contributed by atoms with Gasteiger partial charge in [0, 0.05) is 25.7 Å². The minimum absolute atomic E-state index is 0.629. The van der Waals surface area contributed by atoms with Crippen molar-refractivity contribution in [2.24, 2.45) is 5.41 Å². The standard InChI is InChI=1S/C14H20N2/c1-15-13-10-16(11-14(13)7-8-14)9-12-5-3-2-4-6-12/h2-6,13,15H,7-11H2,1H3/t13-/m0/s1. The third kappa shape index (κ3) is 1.76. The summed E-state index contributed by atoms with van der Waals surface area (Å²) in [6.07, 6.45) is 2.84. The Kier molecular flexibility index (Phi) is 2.49. The Balaban J connectivity index is 1.66. The molecule has 2 fully saturated rings. The van der Waals surface area contributed by atoms with E-state index in [9.17, 15) is 0 Å². The second-order valence-corrected chi connectivity index (χ2v) is 5.36. The van der Waals surface area contributed by atoms with Crippen molar-refractivity contribution >= 4 is 0 Å². The van der Waals surface area contributed by atoms with Gasteiger partial charge in [0.05, 0.1) is 0 Å². The Morgan fingerprint density at radius 3 is 2.62 bits per heavy atom. The lowest BCUT2D eigenvalue weighted by atomic mass is 10.0. The van der Waals surface area contributed by atoms with E-state index in [1.165, 1.54) is 31.5 Å². The molecule has 1 atom stereocenters. The van der Waals surface area contributed by atoms with Gasteiger partial charge in [-0.3, -0.25) is 4.90 Å². The van der Waals surface area contributed by atoms with E-state index in [-0.39, 0.29) is 0 Å². The molecule has 1 aliphatic heterocycles. The predicted molar refractivity (Wildman–Crippen MR) is 66.2 cm³/mol. The van der Waals surface area contributed by atoms with E-state index in [4.69, 9.17) is 0 Å². The van der Waals surface area contributed by atoms with Gasteiger partial charge in [0.15, 0.2) is 0 Å². The molecule has 2 nitrogen and oxygen atoms in total. The smallest absolute Gasteiger partial charge is 0.0260 e. The van der Waals surface area contributed by atoms with E-state index in [1.54, 1.807) is 0 Å². The van der Waals surface area contributed by atoms with Gasteiger partial charge in [-0.15, -0.1) is 0 Å². The lowest BCUT2D eigenvalue weighted by molar-refractivity contribution is 0.312. The average Bonchev–Trinajstić information content (AvgIpc) is 2.98. The monoisotopic (exact) mass is 216 g/mol. The molecule has 1 aromatic carbocycles. The molecular formula is C14H20N2. The van der Waals surface area contributed by atoms with Gasteiger partial charge in [-0.1, -0.05) is 30.3 Å². The molecule has 3 rings (SSSR count). The van der Waals surface area contributed by atoms with Crippen LogP contribution in [0.3, 0.4) is 0 Å². The van der Waals surface area contributed by atoms with Crippen LogP contribution in [0.1, 0.15) is 18.4 Å². The number of rotatable bonds is 3. The van der Waals surface area contributed by atoms with Crippen molar-refractivity contribution in [3.63, 3.8) is 0 Å². The zero-order chi connectivity index (χ0) is 11.0. The maximum atomic E-state index is 3.49. The van der Waals surface area contributed by atoms with E-state index in [1.807, 2.05) is 0 Å². The number of hydrogen-bond donors (Lipinski definition) is 1. The van der Waals surface area contributed by atoms with Crippen molar-refractivity contribution in [2.75, 3.05) is 20.1 Å². The van der Waals surface area contributed by atoms with Crippen LogP contribution in [-0.4, -0.2) is 31.1 Å². The first-order valence-electron chi connectivity index (χ1n) is 6.26. The number of likely N-dealkylation sites (tertiary alicyclic amines) is 1. The normalized spacial score (nSPS) is 27.4. The first kappa shape index (κ1) is 10.3. The van der Waals surface area contributed by atoms with Gasteiger partial charge in [0.2, 0.25) is 0 Å². The van der Waals surface area contributed by atoms with Crippen LogP contribution in [0.4, 0.5) is 0 Å². The molecule has 1 saturated carbocycles. The maximum absolute atomic E-state index is 3.49. The predicted octanol–water partition coefficient (Wildman–Crippen LogP) is 1.87. The van der Waals surface area contributed by atoms with Crippen molar-refractivity contribution in [3.8, 4) is 0 Å². The van der Waals surface area contributed by atoms with Crippen molar-refractivity contribution in [1.82, 2.24) is 10.2 Å². The van der Waals surface area contributed by atoms with Gasteiger partial charge in [0.1, 0.15) is 0 Å². The zero-order valence-corrected chi connectivity index (χ0v) is 9.95. The number of hydrogen-bond acceptors (Lipinski definition) is 2. The summed E-state index contributed by atoms with van der Waals surface area (Å²) in [6, 6.07) is 11.5. The fourth-order valence-corrected chi connectivity index (χ4v) is 3.10. The third-order valence-electron chi connectivity index (χ3n) is 4.21. The third-order valence-corrected chi connectivity index (χ3v) is 4.21. The molecule has 0 radical (unpaired) electrons. The molecule has 1 aliphatic carbocycles. The van der Waals surface area contributed by atoms with Crippen LogP contribution >= 0.6 is 0 Å². The molecule has 1 N–H and O–H groups in total. The van der Waals surface area contributed by atoms with Crippen molar-refractivity contribution in [3.05, 3.63) is 35.9 Å². The molecule has 1 heterocycles. The Bertz CT molecular complexity index is 356. The summed E-state index contributed by atoms with van der Waals surface area (Å²) >= 11 is 0. The van der Waals surface area contributed by atoms with Crippen LogP contribution in [0.15, 0.2) is 30.3 Å². The van der Waals surface area contributed by atoms with Crippen molar-refractivity contribution in [2.45, 2.75) is 25.4 Å². The lowest BCUT2D eigenvalue weighted by Gasteiger charge is -2.15. The van der Waals surface area contributed by atoms with Crippen LogP contribution in [0, 0.1) is 5.41 Å². The highest BCUT2D eigenvalue weighted by molar-refractivity contribution is 5.16. The first-order valence-corrected chi connectivity index (χ1v) is 6.26. The van der Waals surface area contributed by atoms with E-state index >= 15 is 0 Å². The molecule has 86 valence electrons. The van der Waals surface area contributed by atoms with Gasteiger partial charge in [0.25, 0.3) is 0 Å². The number of likely N-dealkylation sites (N-methyl/N-ethyl adjacent to an activating group) is 1. The summed E-state index contributed by atoms with van der Waals surface area (Å²) in [6.45, 7) is 3.61. The largest absolute Gasteiger partial charge is 0.315 e. The second-order valence-electron chi connectivity index (χ2n) is 5.36. The Hall–Kier alpha value is -0.860. The highest BCUT2D eigenvalue weighted by Crippen LogP contribution is 2.52. The van der Waals surface area contributed by atoms with E-state index in [0.717, 1.165) is 12.6 Å². The number of nitrogens with one attached hydrogen (secondary N) is 1. The molecule has 0 amide bonds. The van der Waals surface area contributed by atoms with Gasteiger partial charge in [-0.25, -0.2) is 0 Å². The number of benzene rings is 1. The van der Waals surface area contributed by atoms with Gasteiger partial charge >= 0.3 is 0 Å². The molecule has 0 bridgehead atoms.